The molecule has 0 spiro atoms. The summed E-state index contributed by atoms with van der Waals surface area (Å²) in [7, 11) is 0. The van der Waals surface area contributed by atoms with Crippen LogP contribution in [0.1, 0.15) is 68.3 Å². The van der Waals surface area contributed by atoms with Crippen molar-refractivity contribution >= 4 is 5.82 Å². The lowest BCUT2D eigenvalue weighted by Gasteiger charge is -2.21. The number of nitrogens with two attached hydrogens (primary N) is 1. The molecule has 3 N–H and O–H groups in total. The fraction of sp³-hybridized carbons (Fsp3) is 0.692. The number of nitrogen functional groups attached to an aromatic ring is 1. The molecule has 0 aliphatic heterocycles. The zero-order valence-electron chi connectivity index (χ0n) is 10.2. The van der Waals surface area contributed by atoms with E-state index in [0.717, 1.165) is 11.6 Å². The summed E-state index contributed by atoms with van der Waals surface area (Å²) < 4.78 is 0. The van der Waals surface area contributed by atoms with Crippen LogP contribution < -0.4 is 11.3 Å². The molecule has 0 amide bonds. The van der Waals surface area contributed by atoms with Gasteiger partial charge < -0.3 is 5.43 Å². The Bertz CT molecular complexity index is 394. The van der Waals surface area contributed by atoms with Gasteiger partial charge in [0.05, 0.1) is 0 Å². The first kappa shape index (κ1) is 11.0. The number of rotatable bonds is 3. The fourth-order valence-electron chi connectivity index (χ4n) is 2.69. The summed E-state index contributed by atoms with van der Waals surface area (Å²) in [5, 5.41) is 0. The van der Waals surface area contributed by atoms with Crippen LogP contribution >= 0.6 is 0 Å². The van der Waals surface area contributed by atoms with E-state index in [4.69, 9.17) is 10.8 Å². The fourth-order valence-corrected chi connectivity index (χ4v) is 2.69. The first-order chi connectivity index (χ1) is 8.36. The predicted molar refractivity (Wildman–Crippen MR) is 67.6 cm³/mol. The zero-order chi connectivity index (χ0) is 11.7. The van der Waals surface area contributed by atoms with Gasteiger partial charge in [0, 0.05) is 23.6 Å². The van der Waals surface area contributed by atoms with E-state index in [1.54, 1.807) is 0 Å². The largest absolute Gasteiger partial charge is 0.308 e. The number of nitrogens with one attached hydrogen (secondary N) is 1. The van der Waals surface area contributed by atoms with Crippen molar-refractivity contribution in [2.24, 2.45) is 5.84 Å². The van der Waals surface area contributed by atoms with Gasteiger partial charge in [-0.1, -0.05) is 19.3 Å². The van der Waals surface area contributed by atoms with Gasteiger partial charge in [0.25, 0.3) is 0 Å². The van der Waals surface area contributed by atoms with Crippen molar-refractivity contribution in [3.63, 3.8) is 0 Å². The summed E-state index contributed by atoms with van der Waals surface area (Å²) in [6, 6.07) is 2.00. The van der Waals surface area contributed by atoms with Crippen molar-refractivity contribution in [1.82, 2.24) is 9.97 Å². The van der Waals surface area contributed by atoms with Gasteiger partial charge in [0.15, 0.2) is 0 Å². The molecule has 4 nitrogen and oxygen atoms in total. The third kappa shape index (κ3) is 2.41. The Kier molecular flexibility index (Phi) is 2.97. The molecule has 2 saturated carbocycles. The molecule has 1 aromatic rings. The van der Waals surface area contributed by atoms with Crippen molar-refractivity contribution in [3.8, 4) is 0 Å². The second kappa shape index (κ2) is 4.61. The van der Waals surface area contributed by atoms with E-state index in [1.807, 2.05) is 6.07 Å². The van der Waals surface area contributed by atoms with Crippen molar-refractivity contribution in [3.05, 3.63) is 17.6 Å². The van der Waals surface area contributed by atoms with Gasteiger partial charge in [0.1, 0.15) is 11.6 Å². The van der Waals surface area contributed by atoms with Gasteiger partial charge >= 0.3 is 0 Å². The SMILES string of the molecule is NNc1cc(C2CC2)nc(C2CCCCC2)n1. The molecule has 0 atom stereocenters. The highest BCUT2D eigenvalue weighted by Crippen LogP contribution is 2.40. The van der Waals surface area contributed by atoms with Gasteiger partial charge in [-0.15, -0.1) is 0 Å². The first-order valence-corrected chi connectivity index (χ1v) is 6.72. The molecule has 3 rings (SSSR count). The quantitative estimate of drug-likeness (QED) is 0.621. The Morgan fingerprint density at radius 1 is 1.00 bits per heavy atom. The monoisotopic (exact) mass is 232 g/mol. The van der Waals surface area contributed by atoms with Crippen LogP contribution in [0.5, 0.6) is 0 Å². The van der Waals surface area contributed by atoms with Crippen LogP contribution in [0.2, 0.25) is 0 Å². The summed E-state index contributed by atoms with van der Waals surface area (Å²) >= 11 is 0. The lowest BCUT2D eigenvalue weighted by molar-refractivity contribution is 0.428. The second-order valence-electron chi connectivity index (χ2n) is 5.29. The minimum atomic E-state index is 0.551. The molecule has 0 radical (unpaired) electrons. The van der Waals surface area contributed by atoms with Crippen LogP contribution in [-0.4, -0.2) is 9.97 Å². The molecule has 17 heavy (non-hydrogen) atoms. The first-order valence-electron chi connectivity index (χ1n) is 6.72. The van der Waals surface area contributed by atoms with E-state index in [0.29, 0.717) is 11.8 Å². The number of nitrogens with zero attached hydrogens (tertiary/aromatic N) is 2. The summed E-state index contributed by atoms with van der Waals surface area (Å²) in [6.45, 7) is 0. The molecule has 2 aliphatic rings. The Labute approximate surface area is 102 Å². The van der Waals surface area contributed by atoms with Gasteiger partial charge in [-0.05, 0) is 25.7 Å². The van der Waals surface area contributed by atoms with E-state index in [9.17, 15) is 0 Å². The molecule has 2 fully saturated rings. The van der Waals surface area contributed by atoms with Crippen LogP contribution in [0.4, 0.5) is 5.82 Å². The molecular formula is C13H20N4. The molecule has 2 aliphatic carbocycles. The number of hydrazine groups is 1. The molecule has 0 aromatic carbocycles. The normalized spacial score (nSPS) is 21.5. The van der Waals surface area contributed by atoms with Crippen LogP contribution in [-0.2, 0) is 0 Å². The van der Waals surface area contributed by atoms with Crippen molar-refractivity contribution < 1.29 is 0 Å². The molecule has 0 bridgehead atoms. The molecule has 1 heterocycles. The number of hydrogen-bond donors (Lipinski definition) is 2. The Morgan fingerprint density at radius 2 is 1.76 bits per heavy atom. The lowest BCUT2D eigenvalue weighted by Crippen LogP contribution is -2.15. The highest BCUT2D eigenvalue weighted by atomic mass is 15.3. The minimum Gasteiger partial charge on any atom is -0.308 e. The molecule has 92 valence electrons. The third-order valence-electron chi connectivity index (χ3n) is 3.88. The standard InChI is InChI=1S/C13H20N4/c14-17-12-8-11(9-6-7-9)15-13(16-12)10-4-2-1-3-5-10/h8-10H,1-7,14H2,(H,15,16,17). The van der Waals surface area contributed by atoms with E-state index in [2.05, 4.69) is 10.4 Å². The summed E-state index contributed by atoms with van der Waals surface area (Å²) in [5.41, 5.74) is 3.87. The maximum Gasteiger partial charge on any atom is 0.143 e. The van der Waals surface area contributed by atoms with Gasteiger partial charge in [-0.2, -0.15) is 0 Å². The molecule has 0 unspecified atom stereocenters. The van der Waals surface area contributed by atoms with E-state index in [1.165, 1.54) is 50.6 Å². The topological polar surface area (TPSA) is 63.8 Å². The number of hydrogen-bond acceptors (Lipinski definition) is 4. The van der Waals surface area contributed by atoms with Crippen molar-refractivity contribution in [2.45, 2.75) is 56.8 Å². The lowest BCUT2D eigenvalue weighted by atomic mass is 9.88. The van der Waals surface area contributed by atoms with E-state index < -0.39 is 0 Å². The second-order valence-corrected chi connectivity index (χ2v) is 5.29. The maximum atomic E-state index is 5.50. The van der Waals surface area contributed by atoms with E-state index in [-0.39, 0.29) is 0 Å². The maximum absolute atomic E-state index is 5.50. The average Bonchev–Trinajstić information content (AvgIpc) is 3.23. The van der Waals surface area contributed by atoms with Crippen LogP contribution in [0.15, 0.2) is 6.07 Å². The number of aromatic nitrogens is 2. The van der Waals surface area contributed by atoms with E-state index >= 15 is 0 Å². The Balaban J connectivity index is 1.88. The van der Waals surface area contributed by atoms with Crippen LogP contribution in [0.25, 0.3) is 0 Å². The molecular weight excluding hydrogens is 212 g/mol. The zero-order valence-corrected chi connectivity index (χ0v) is 10.2. The van der Waals surface area contributed by atoms with Crippen LogP contribution in [0.3, 0.4) is 0 Å². The minimum absolute atomic E-state index is 0.551. The average molecular weight is 232 g/mol. The highest BCUT2D eigenvalue weighted by Gasteiger charge is 2.27. The summed E-state index contributed by atoms with van der Waals surface area (Å²) in [4.78, 5) is 9.30. The molecule has 0 saturated heterocycles. The predicted octanol–water partition coefficient (Wildman–Crippen LogP) is 2.69. The molecule has 4 heteroatoms. The van der Waals surface area contributed by atoms with Gasteiger partial charge in [-0.3, -0.25) is 0 Å². The third-order valence-corrected chi connectivity index (χ3v) is 3.88. The highest BCUT2D eigenvalue weighted by molar-refractivity contribution is 5.37. The van der Waals surface area contributed by atoms with Crippen molar-refractivity contribution in [2.75, 3.05) is 5.43 Å². The van der Waals surface area contributed by atoms with Crippen LogP contribution in [0, 0.1) is 0 Å². The Morgan fingerprint density at radius 3 is 2.41 bits per heavy atom. The summed E-state index contributed by atoms with van der Waals surface area (Å²) in [5.74, 6) is 8.50. The molecule has 1 aromatic heterocycles. The Hall–Kier alpha value is -1.16. The van der Waals surface area contributed by atoms with Gasteiger partial charge in [-0.25, -0.2) is 15.8 Å². The van der Waals surface area contributed by atoms with Gasteiger partial charge in [0.2, 0.25) is 0 Å². The number of anilines is 1. The van der Waals surface area contributed by atoms with Crippen molar-refractivity contribution in [1.29, 1.82) is 0 Å². The summed E-state index contributed by atoms with van der Waals surface area (Å²) in [6.07, 6.45) is 8.99. The smallest absolute Gasteiger partial charge is 0.143 e.